The molecule has 0 unspecified atom stereocenters. The molecule has 1 fully saturated rings. The smallest absolute Gasteiger partial charge is 0.167 e. The Labute approximate surface area is 187 Å². The van der Waals surface area contributed by atoms with Gasteiger partial charge in [-0.25, -0.2) is 0 Å². The van der Waals surface area contributed by atoms with E-state index in [9.17, 15) is 4.79 Å². The highest BCUT2D eigenvalue weighted by Gasteiger charge is 2.18. The number of methoxy groups -OCH3 is 1. The summed E-state index contributed by atoms with van der Waals surface area (Å²) in [6, 6.07) is 13.4. The van der Waals surface area contributed by atoms with Crippen LogP contribution in [0.5, 0.6) is 11.5 Å². The van der Waals surface area contributed by atoms with E-state index in [1.807, 2.05) is 32.0 Å². The molecule has 0 amide bonds. The van der Waals surface area contributed by atoms with E-state index in [1.54, 1.807) is 25.3 Å². The first-order valence-corrected chi connectivity index (χ1v) is 10.7. The molecule has 0 radical (unpaired) electrons. The van der Waals surface area contributed by atoms with Crippen LogP contribution in [0.4, 0.5) is 5.69 Å². The van der Waals surface area contributed by atoms with Crippen molar-refractivity contribution in [2.75, 3.05) is 38.3 Å². The van der Waals surface area contributed by atoms with Gasteiger partial charge in [0, 0.05) is 30.8 Å². The van der Waals surface area contributed by atoms with Crippen LogP contribution in [0, 0.1) is 13.8 Å². The van der Waals surface area contributed by atoms with Crippen LogP contribution in [0.1, 0.15) is 32.9 Å². The average molecular weight is 437 g/mol. The Morgan fingerprint density at radius 3 is 2.59 bits per heavy atom. The molecule has 0 spiro atoms. The summed E-state index contributed by atoms with van der Waals surface area (Å²) in [7, 11) is 1.57. The van der Waals surface area contributed by atoms with Crippen molar-refractivity contribution in [3.8, 4) is 11.5 Å². The van der Waals surface area contributed by atoms with Gasteiger partial charge in [-0.15, -0.1) is 0 Å². The highest BCUT2D eigenvalue weighted by atomic mass is 16.5. The molecule has 3 aromatic rings. The molecule has 0 atom stereocenters. The van der Waals surface area contributed by atoms with Gasteiger partial charge < -0.3 is 23.6 Å². The zero-order valence-corrected chi connectivity index (χ0v) is 18.7. The van der Waals surface area contributed by atoms with Crippen LogP contribution in [0.2, 0.25) is 0 Å². The Morgan fingerprint density at radius 2 is 1.88 bits per heavy atom. The lowest BCUT2D eigenvalue weighted by Crippen LogP contribution is -2.36. The summed E-state index contributed by atoms with van der Waals surface area (Å²) in [6.45, 7) is 7.11. The molecule has 0 saturated carbocycles. The highest BCUT2D eigenvalue weighted by molar-refractivity contribution is 5.98. The molecule has 0 aliphatic carbocycles. The number of ketones is 1. The quantitative estimate of drug-likeness (QED) is 0.491. The van der Waals surface area contributed by atoms with Crippen molar-refractivity contribution in [1.82, 2.24) is 5.16 Å². The molecular formula is C25H28N2O5. The van der Waals surface area contributed by atoms with Gasteiger partial charge in [-0.1, -0.05) is 23.4 Å². The van der Waals surface area contributed by atoms with Gasteiger partial charge in [-0.3, -0.25) is 4.79 Å². The van der Waals surface area contributed by atoms with Gasteiger partial charge in [0.05, 0.1) is 31.6 Å². The SMILES string of the molecule is COc1cc(C(=O)Cc2ccccc2N2CCOCC2)ccc1OCc1c(C)noc1C. The zero-order chi connectivity index (χ0) is 22.5. The summed E-state index contributed by atoms with van der Waals surface area (Å²) < 4.78 is 22.1. The lowest BCUT2D eigenvalue weighted by molar-refractivity contribution is 0.0992. The standard InChI is InChI=1S/C25H28N2O5/c1-17-21(18(2)32-26-17)16-31-24-9-8-20(15-25(24)29-3)23(28)14-19-6-4-5-7-22(19)27-10-12-30-13-11-27/h4-9,15H,10-14,16H2,1-3H3. The second-order valence-electron chi connectivity index (χ2n) is 7.79. The number of Topliss-reactive ketones (excluding diaryl/α,β-unsaturated/α-hetero) is 1. The number of carbonyl (C=O) groups excluding carboxylic acids is 1. The largest absolute Gasteiger partial charge is 0.493 e. The summed E-state index contributed by atoms with van der Waals surface area (Å²) in [5.41, 5.74) is 4.40. The number of nitrogens with zero attached hydrogens (tertiary/aromatic N) is 2. The van der Waals surface area contributed by atoms with Gasteiger partial charge >= 0.3 is 0 Å². The van der Waals surface area contributed by atoms with Crippen LogP contribution in [-0.4, -0.2) is 44.4 Å². The normalized spacial score (nSPS) is 13.8. The van der Waals surface area contributed by atoms with E-state index in [0.717, 1.165) is 41.4 Å². The second kappa shape index (κ2) is 9.87. The molecular weight excluding hydrogens is 408 g/mol. The maximum atomic E-state index is 13.1. The molecule has 0 bridgehead atoms. The topological polar surface area (TPSA) is 74.0 Å². The average Bonchev–Trinajstić information content (AvgIpc) is 3.15. The number of hydrogen-bond acceptors (Lipinski definition) is 7. The van der Waals surface area contributed by atoms with E-state index in [-0.39, 0.29) is 5.78 Å². The van der Waals surface area contributed by atoms with Crippen LogP contribution in [0.3, 0.4) is 0 Å². The van der Waals surface area contributed by atoms with Crippen molar-refractivity contribution >= 4 is 11.5 Å². The number of rotatable bonds is 8. The van der Waals surface area contributed by atoms with Crippen LogP contribution >= 0.6 is 0 Å². The molecule has 2 aromatic carbocycles. The van der Waals surface area contributed by atoms with Crippen LogP contribution < -0.4 is 14.4 Å². The fourth-order valence-electron chi connectivity index (χ4n) is 3.87. The monoisotopic (exact) mass is 436 g/mol. The predicted octanol–water partition coefficient (Wildman–Crippen LogP) is 4.14. The first kappa shape index (κ1) is 21.9. The lowest BCUT2D eigenvalue weighted by Gasteiger charge is -2.30. The molecule has 1 aliphatic heterocycles. The molecule has 7 heteroatoms. The van der Waals surface area contributed by atoms with Gasteiger partial charge in [0.25, 0.3) is 0 Å². The van der Waals surface area contributed by atoms with Crippen molar-refractivity contribution in [2.24, 2.45) is 0 Å². The highest BCUT2D eigenvalue weighted by Crippen LogP contribution is 2.31. The summed E-state index contributed by atoms with van der Waals surface area (Å²) >= 11 is 0. The van der Waals surface area contributed by atoms with E-state index in [1.165, 1.54) is 0 Å². The minimum atomic E-state index is 0.0290. The lowest BCUT2D eigenvalue weighted by atomic mass is 10.0. The Kier molecular flexibility index (Phi) is 6.75. The maximum Gasteiger partial charge on any atom is 0.167 e. The number of carbonyl (C=O) groups is 1. The van der Waals surface area contributed by atoms with E-state index in [2.05, 4.69) is 16.1 Å². The van der Waals surface area contributed by atoms with Crippen molar-refractivity contribution < 1.29 is 23.5 Å². The Morgan fingerprint density at radius 1 is 1.09 bits per heavy atom. The van der Waals surface area contributed by atoms with Crippen molar-refractivity contribution in [1.29, 1.82) is 0 Å². The van der Waals surface area contributed by atoms with Crippen molar-refractivity contribution in [3.05, 3.63) is 70.6 Å². The summed E-state index contributed by atoms with van der Waals surface area (Å²) in [6.07, 6.45) is 0.315. The number of morpholine rings is 1. The number of ether oxygens (including phenoxy) is 3. The number of aromatic nitrogens is 1. The summed E-state index contributed by atoms with van der Waals surface area (Å²) in [4.78, 5) is 15.4. The number of hydrogen-bond donors (Lipinski definition) is 0. The molecule has 0 N–H and O–H groups in total. The first-order valence-electron chi connectivity index (χ1n) is 10.7. The molecule has 1 saturated heterocycles. The molecule has 32 heavy (non-hydrogen) atoms. The molecule has 7 nitrogen and oxygen atoms in total. The van der Waals surface area contributed by atoms with Crippen LogP contribution in [0.25, 0.3) is 0 Å². The van der Waals surface area contributed by atoms with Crippen LogP contribution in [-0.2, 0) is 17.8 Å². The molecule has 168 valence electrons. The zero-order valence-electron chi connectivity index (χ0n) is 18.7. The minimum absolute atomic E-state index is 0.0290. The fraction of sp³-hybridized carbons (Fsp3) is 0.360. The second-order valence-corrected chi connectivity index (χ2v) is 7.79. The van der Waals surface area contributed by atoms with Gasteiger partial charge in [-0.05, 0) is 43.7 Å². The molecule has 4 rings (SSSR count). The third kappa shape index (κ3) is 4.78. The van der Waals surface area contributed by atoms with Crippen LogP contribution in [0.15, 0.2) is 47.0 Å². The summed E-state index contributed by atoms with van der Waals surface area (Å²) in [5, 5.41) is 3.95. The number of para-hydroxylation sites is 1. The molecule has 1 aliphatic rings. The van der Waals surface area contributed by atoms with Gasteiger partial charge in [0.2, 0.25) is 0 Å². The van der Waals surface area contributed by atoms with E-state index >= 15 is 0 Å². The van der Waals surface area contributed by atoms with E-state index in [4.69, 9.17) is 18.7 Å². The van der Waals surface area contributed by atoms with Gasteiger partial charge in [0.15, 0.2) is 17.3 Å². The number of benzene rings is 2. The predicted molar refractivity (Wildman–Crippen MR) is 121 cm³/mol. The fourth-order valence-corrected chi connectivity index (χ4v) is 3.87. The third-order valence-corrected chi connectivity index (χ3v) is 5.73. The number of aryl methyl sites for hydroxylation is 2. The number of anilines is 1. The molecule has 2 heterocycles. The minimum Gasteiger partial charge on any atom is -0.493 e. The maximum absolute atomic E-state index is 13.1. The molecule has 1 aromatic heterocycles. The Bertz CT molecular complexity index is 1070. The first-order chi connectivity index (χ1) is 15.6. The summed E-state index contributed by atoms with van der Waals surface area (Å²) in [5.74, 6) is 1.84. The van der Waals surface area contributed by atoms with Crippen molar-refractivity contribution in [3.63, 3.8) is 0 Å². The van der Waals surface area contributed by atoms with Crippen molar-refractivity contribution in [2.45, 2.75) is 26.9 Å². The Hall–Kier alpha value is -3.32. The van der Waals surface area contributed by atoms with E-state index < -0.39 is 0 Å². The van der Waals surface area contributed by atoms with E-state index in [0.29, 0.717) is 43.3 Å². The Balaban J connectivity index is 1.49. The van der Waals surface area contributed by atoms with Gasteiger partial charge in [0.1, 0.15) is 12.4 Å². The van der Waals surface area contributed by atoms with Gasteiger partial charge in [-0.2, -0.15) is 0 Å². The third-order valence-electron chi connectivity index (χ3n) is 5.73.